The topological polar surface area (TPSA) is 49.4 Å². The summed E-state index contributed by atoms with van der Waals surface area (Å²) in [7, 11) is 0. The lowest BCUT2D eigenvalue weighted by Crippen LogP contribution is -2.48. The van der Waals surface area contributed by atoms with Gasteiger partial charge >= 0.3 is 0 Å². The van der Waals surface area contributed by atoms with E-state index < -0.39 is 0 Å². The lowest BCUT2D eigenvalue weighted by atomic mass is 10.2. The third-order valence-corrected chi connectivity index (χ3v) is 5.17. The van der Waals surface area contributed by atoms with Crippen molar-refractivity contribution in [2.45, 2.75) is 32.2 Å². The van der Waals surface area contributed by atoms with Gasteiger partial charge in [0, 0.05) is 18.2 Å². The summed E-state index contributed by atoms with van der Waals surface area (Å²) in [5, 5.41) is 3.00. The molecule has 2 amide bonds. The van der Waals surface area contributed by atoms with Gasteiger partial charge < -0.3 is 10.2 Å². The molecule has 5 heteroatoms. The van der Waals surface area contributed by atoms with Crippen molar-refractivity contribution in [3.05, 3.63) is 0 Å². The van der Waals surface area contributed by atoms with Crippen LogP contribution in [-0.2, 0) is 9.59 Å². The molecule has 0 aromatic carbocycles. The third kappa shape index (κ3) is 2.51. The highest BCUT2D eigenvalue weighted by atomic mass is 32.2. The van der Waals surface area contributed by atoms with Gasteiger partial charge in [-0.25, -0.2) is 0 Å². The average molecular weight is 268 g/mol. The SMILES string of the molecule is C[C@@H]1C[C@@H]1C(=O)N1CSC[C@@H]1C(=O)NCC1CC1. The Morgan fingerprint density at radius 2 is 2.11 bits per heavy atom. The summed E-state index contributed by atoms with van der Waals surface area (Å²) in [5.41, 5.74) is 0. The summed E-state index contributed by atoms with van der Waals surface area (Å²) in [6.45, 7) is 2.90. The van der Waals surface area contributed by atoms with E-state index in [2.05, 4.69) is 12.2 Å². The first-order chi connectivity index (χ1) is 8.66. The number of amides is 2. The zero-order valence-electron chi connectivity index (χ0n) is 10.7. The second kappa shape index (κ2) is 4.76. The lowest BCUT2D eigenvalue weighted by molar-refractivity contribution is -0.139. The number of rotatable bonds is 4. The van der Waals surface area contributed by atoms with Gasteiger partial charge in [-0.3, -0.25) is 9.59 Å². The van der Waals surface area contributed by atoms with Gasteiger partial charge in [0.15, 0.2) is 0 Å². The maximum atomic E-state index is 12.2. The van der Waals surface area contributed by atoms with Gasteiger partial charge in [0.1, 0.15) is 6.04 Å². The summed E-state index contributed by atoms with van der Waals surface area (Å²) < 4.78 is 0. The van der Waals surface area contributed by atoms with Crippen molar-refractivity contribution in [3.8, 4) is 0 Å². The van der Waals surface area contributed by atoms with Gasteiger partial charge in [-0.15, -0.1) is 11.8 Å². The molecule has 1 N–H and O–H groups in total. The molecule has 2 saturated carbocycles. The van der Waals surface area contributed by atoms with Crippen LogP contribution in [-0.4, -0.2) is 40.9 Å². The number of thioether (sulfide) groups is 1. The van der Waals surface area contributed by atoms with E-state index in [0.717, 1.165) is 18.7 Å². The average Bonchev–Trinajstić information content (AvgIpc) is 3.25. The van der Waals surface area contributed by atoms with E-state index >= 15 is 0 Å². The zero-order chi connectivity index (χ0) is 12.7. The Morgan fingerprint density at radius 3 is 2.72 bits per heavy atom. The molecule has 0 aromatic heterocycles. The quantitative estimate of drug-likeness (QED) is 0.830. The van der Waals surface area contributed by atoms with Gasteiger partial charge in [-0.2, -0.15) is 0 Å². The fraction of sp³-hybridized carbons (Fsp3) is 0.846. The number of nitrogens with one attached hydrogen (secondary N) is 1. The van der Waals surface area contributed by atoms with Crippen LogP contribution in [0, 0.1) is 17.8 Å². The molecular formula is C13H20N2O2S. The van der Waals surface area contributed by atoms with Crippen LogP contribution in [0.5, 0.6) is 0 Å². The first-order valence-corrected chi connectivity index (χ1v) is 7.98. The van der Waals surface area contributed by atoms with Crippen molar-refractivity contribution in [2.24, 2.45) is 17.8 Å². The Morgan fingerprint density at radius 1 is 1.39 bits per heavy atom. The molecule has 0 aromatic rings. The number of carbonyl (C=O) groups excluding carboxylic acids is 2. The van der Waals surface area contributed by atoms with Crippen LogP contribution in [0.2, 0.25) is 0 Å². The first kappa shape index (κ1) is 12.3. The summed E-state index contributed by atoms with van der Waals surface area (Å²) >= 11 is 1.69. The smallest absolute Gasteiger partial charge is 0.243 e. The van der Waals surface area contributed by atoms with E-state index in [1.807, 2.05) is 0 Å². The normalized spacial score (nSPS) is 34.5. The monoisotopic (exact) mass is 268 g/mol. The third-order valence-electron chi connectivity index (χ3n) is 4.16. The largest absolute Gasteiger partial charge is 0.354 e. The Kier molecular flexibility index (Phi) is 3.26. The fourth-order valence-electron chi connectivity index (χ4n) is 2.44. The highest BCUT2D eigenvalue weighted by Gasteiger charge is 2.45. The summed E-state index contributed by atoms with van der Waals surface area (Å²) in [6, 6.07) is -0.228. The highest BCUT2D eigenvalue weighted by molar-refractivity contribution is 7.99. The Bertz CT molecular complexity index is 370. The number of carbonyl (C=O) groups is 2. The van der Waals surface area contributed by atoms with Gasteiger partial charge in [0.2, 0.25) is 11.8 Å². The minimum Gasteiger partial charge on any atom is -0.354 e. The minimum atomic E-state index is -0.228. The molecular weight excluding hydrogens is 248 g/mol. The number of nitrogens with zero attached hydrogens (tertiary/aromatic N) is 1. The van der Waals surface area contributed by atoms with Crippen molar-refractivity contribution < 1.29 is 9.59 Å². The molecule has 100 valence electrons. The molecule has 4 nitrogen and oxygen atoms in total. The van der Waals surface area contributed by atoms with Crippen LogP contribution in [0.4, 0.5) is 0 Å². The van der Waals surface area contributed by atoms with Crippen LogP contribution in [0.15, 0.2) is 0 Å². The Labute approximate surface area is 112 Å². The molecule has 3 rings (SSSR count). The molecule has 3 fully saturated rings. The molecule has 3 aliphatic rings. The maximum absolute atomic E-state index is 12.2. The van der Waals surface area contributed by atoms with Crippen LogP contribution in [0.1, 0.15) is 26.2 Å². The molecule has 18 heavy (non-hydrogen) atoms. The standard InChI is InChI=1S/C13H20N2O2S/c1-8-4-10(8)13(17)15-7-18-6-11(15)12(16)14-5-9-2-3-9/h8-11H,2-7H2,1H3,(H,14,16)/t8-,10+,11-/m1/s1. The fourth-order valence-corrected chi connectivity index (χ4v) is 3.60. The van der Waals surface area contributed by atoms with Crippen molar-refractivity contribution in [1.29, 1.82) is 0 Å². The van der Waals surface area contributed by atoms with Gasteiger partial charge in [0.05, 0.1) is 5.88 Å². The molecule has 1 heterocycles. The highest BCUT2D eigenvalue weighted by Crippen LogP contribution is 2.40. The second-order valence-corrected chi connectivity index (χ2v) is 6.83. The van der Waals surface area contributed by atoms with Crippen LogP contribution >= 0.6 is 11.8 Å². The van der Waals surface area contributed by atoms with Crippen molar-refractivity contribution >= 4 is 23.6 Å². The van der Waals surface area contributed by atoms with E-state index in [1.165, 1.54) is 12.8 Å². The predicted octanol–water partition coefficient (Wildman–Crippen LogP) is 1.07. The predicted molar refractivity (Wildman–Crippen MR) is 71.0 cm³/mol. The van der Waals surface area contributed by atoms with E-state index in [9.17, 15) is 9.59 Å². The van der Waals surface area contributed by atoms with Crippen LogP contribution < -0.4 is 5.32 Å². The minimum absolute atomic E-state index is 0.0496. The molecule has 0 spiro atoms. The van der Waals surface area contributed by atoms with Crippen LogP contribution in [0.3, 0.4) is 0 Å². The van der Waals surface area contributed by atoms with Gasteiger partial charge in [-0.1, -0.05) is 6.92 Å². The molecule has 0 radical (unpaired) electrons. The summed E-state index contributed by atoms with van der Waals surface area (Å²) in [4.78, 5) is 26.1. The first-order valence-electron chi connectivity index (χ1n) is 6.82. The molecule has 0 bridgehead atoms. The van der Waals surface area contributed by atoms with E-state index in [1.54, 1.807) is 16.7 Å². The maximum Gasteiger partial charge on any atom is 0.243 e. The van der Waals surface area contributed by atoms with Gasteiger partial charge in [-0.05, 0) is 31.1 Å². The zero-order valence-corrected chi connectivity index (χ0v) is 11.5. The lowest BCUT2D eigenvalue weighted by Gasteiger charge is -2.23. The second-order valence-electron chi connectivity index (χ2n) is 5.83. The summed E-state index contributed by atoms with van der Waals surface area (Å²) in [6.07, 6.45) is 3.47. The number of hydrogen-bond donors (Lipinski definition) is 1. The van der Waals surface area contributed by atoms with Crippen molar-refractivity contribution in [1.82, 2.24) is 10.2 Å². The molecule has 1 aliphatic heterocycles. The summed E-state index contributed by atoms with van der Waals surface area (Å²) in [5.74, 6) is 3.07. The Hall–Kier alpha value is -0.710. The van der Waals surface area contributed by atoms with Crippen LogP contribution in [0.25, 0.3) is 0 Å². The van der Waals surface area contributed by atoms with Crippen molar-refractivity contribution in [2.75, 3.05) is 18.2 Å². The molecule has 1 saturated heterocycles. The van der Waals surface area contributed by atoms with E-state index in [4.69, 9.17) is 0 Å². The van der Waals surface area contributed by atoms with E-state index in [-0.39, 0.29) is 23.8 Å². The Balaban J connectivity index is 1.55. The molecule has 2 aliphatic carbocycles. The molecule has 0 unspecified atom stereocenters. The molecule has 3 atom stereocenters. The van der Waals surface area contributed by atoms with Gasteiger partial charge in [0.25, 0.3) is 0 Å². The van der Waals surface area contributed by atoms with E-state index in [0.29, 0.717) is 17.7 Å². The number of hydrogen-bond acceptors (Lipinski definition) is 3. The van der Waals surface area contributed by atoms with Crippen molar-refractivity contribution in [3.63, 3.8) is 0 Å².